The number of alkyl halides is 1. The summed E-state index contributed by atoms with van der Waals surface area (Å²) in [4.78, 5) is 0. The van der Waals surface area contributed by atoms with E-state index in [1.807, 2.05) is 0 Å². The Morgan fingerprint density at radius 1 is 0.632 bits per heavy atom. The van der Waals surface area contributed by atoms with Crippen LogP contribution < -0.4 is 0 Å². The first-order valence-corrected chi connectivity index (χ1v) is 8.07. The second kappa shape index (κ2) is 17.4. The minimum Gasteiger partial charge on any atom is -0.251 e. The molecule has 0 fully saturated rings. The number of rotatable bonds is 14. The Morgan fingerprint density at radius 3 is 1.74 bits per heavy atom. The van der Waals surface area contributed by atoms with E-state index in [1.54, 1.807) is 0 Å². The van der Waals surface area contributed by atoms with E-state index in [2.05, 4.69) is 31.2 Å². The Morgan fingerprint density at radius 2 is 1.16 bits per heavy atom. The molecule has 0 saturated carbocycles. The van der Waals surface area contributed by atoms with Gasteiger partial charge in [-0.05, 0) is 38.5 Å². The lowest BCUT2D eigenvalue weighted by Crippen LogP contribution is -1.77. The van der Waals surface area contributed by atoms with E-state index in [0.29, 0.717) is 0 Å². The molecule has 1 heteroatoms. The van der Waals surface area contributed by atoms with Crippen molar-refractivity contribution < 1.29 is 4.39 Å². The summed E-state index contributed by atoms with van der Waals surface area (Å²) in [5, 5.41) is 0. The number of hydrogen-bond donors (Lipinski definition) is 0. The second-order valence-electron chi connectivity index (χ2n) is 5.13. The first kappa shape index (κ1) is 18.4. The molecule has 1 radical (unpaired) electrons. The maximum Gasteiger partial charge on any atom is 0.0894 e. The Balaban J connectivity index is 3.14. The van der Waals surface area contributed by atoms with Crippen molar-refractivity contribution in [1.82, 2.24) is 0 Å². The minimum atomic E-state index is -0.165. The molecule has 0 nitrogen and oxygen atoms in total. The van der Waals surface area contributed by atoms with Crippen LogP contribution in [0, 0.1) is 6.92 Å². The van der Waals surface area contributed by atoms with E-state index in [9.17, 15) is 4.39 Å². The van der Waals surface area contributed by atoms with Crippen LogP contribution in [0.2, 0.25) is 0 Å². The summed E-state index contributed by atoms with van der Waals surface area (Å²) in [6.45, 7) is 3.69. The van der Waals surface area contributed by atoms with Crippen LogP contribution in [-0.4, -0.2) is 6.67 Å². The lowest BCUT2D eigenvalue weighted by atomic mass is 10.1. The van der Waals surface area contributed by atoms with Gasteiger partial charge >= 0.3 is 0 Å². The van der Waals surface area contributed by atoms with E-state index in [-0.39, 0.29) is 6.67 Å². The smallest absolute Gasteiger partial charge is 0.0894 e. The van der Waals surface area contributed by atoms with Crippen LogP contribution in [0.1, 0.15) is 77.0 Å². The number of halogens is 1. The number of hydrogen-bond acceptors (Lipinski definition) is 0. The summed E-state index contributed by atoms with van der Waals surface area (Å²) in [5.74, 6) is 0. The molecule has 0 heterocycles. The van der Waals surface area contributed by atoms with E-state index < -0.39 is 0 Å². The van der Waals surface area contributed by atoms with E-state index in [1.165, 1.54) is 38.5 Å². The van der Waals surface area contributed by atoms with Gasteiger partial charge in [-0.25, -0.2) is 0 Å². The maximum atomic E-state index is 11.8. The highest BCUT2D eigenvalue weighted by atomic mass is 19.1. The fourth-order valence-electron chi connectivity index (χ4n) is 2.01. The molecular formula is C18H32F. The van der Waals surface area contributed by atoms with Gasteiger partial charge in [0.1, 0.15) is 0 Å². The fraction of sp³-hybridized carbons (Fsp3) is 0.722. The van der Waals surface area contributed by atoms with Crippen molar-refractivity contribution in [2.45, 2.75) is 77.0 Å². The summed E-state index contributed by atoms with van der Waals surface area (Å²) in [5.41, 5.74) is 0. The van der Waals surface area contributed by atoms with Gasteiger partial charge in [0.15, 0.2) is 0 Å². The van der Waals surface area contributed by atoms with Crippen LogP contribution in [0.5, 0.6) is 0 Å². The van der Waals surface area contributed by atoms with E-state index >= 15 is 0 Å². The standard InChI is InChI=1S/C18H32F/c1-2-3-4-5-6-7-8-9-10-11-12-13-14-15-16-17-18-19/h9-10,12-13H,1-8,11,14-18H2/b10-9-,13-12-. The van der Waals surface area contributed by atoms with Crippen molar-refractivity contribution in [3.8, 4) is 0 Å². The molecule has 0 bridgehead atoms. The normalized spacial score (nSPS) is 11.9. The van der Waals surface area contributed by atoms with E-state index in [4.69, 9.17) is 0 Å². The van der Waals surface area contributed by atoms with Gasteiger partial charge in [-0.3, -0.25) is 4.39 Å². The predicted octanol–water partition coefficient (Wildman–Crippen LogP) is 6.58. The molecule has 0 unspecified atom stereocenters. The highest BCUT2D eigenvalue weighted by Crippen LogP contribution is 2.07. The lowest BCUT2D eigenvalue weighted by Gasteiger charge is -1.97. The van der Waals surface area contributed by atoms with Gasteiger partial charge in [-0.2, -0.15) is 0 Å². The monoisotopic (exact) mass is 267 g/mol. The molecular weight excluding hydrogens is 235 g/mol. The molecule has 0 aliphatic carbocycles. The number of unbranched alkanes of at least 4 members (excludes halogenated alkanes) is 9. The van der Waals surface area contributed by atoms with Crippen molar-refractivity contribution in [1.29, 1.82) is 0 Å². The van der Waals surface area contributed by atoms with Gasteiger partial charge in [-0.1, -0.05) is 69.8 Å². The van der Waals surface area contributed by atoms with Gasteiger partial charge in [0.05, 0.1) is 6.67 Å². The lowest BCUT2D eigenvalue weighted by molar-refractivity contribution is 0.457. The molecule has 19 heavy (non-hydrogen) atoms. The first-order chi connectivity index (χ1) is 9.41. The van der Waals surface area contributed by atoms with Crippen LogP contribution in [0.15, 0.2) is 24.3 Å². The summed E-state index contributed by atoms with van der Waals surface area (Å²) in [6.07, 6.45) is 23.0. The molecule has 0 aliphatic heterocycles. The van der Waals surface area contributed by atoms with Crippen molar-refractivity contribution in [2.24, 2.45) is 0 Å². The Bertz CT molecular complexity index is 206. The van der Waals surface area contributed by atoms with Crippen molar-refractivity contribution in [3.05, 3.63) is 31.2 Å². The zero-order valence-corrected chi connectivity index (χ0v) is 12.6. The summed E-state index contributed by atoms with van der Waals surface area (Å²) >= 11 is 0. The van der Waals surface area contributed by atoms with E-state index in [0.717, 1.165) is 38.5 Å². The van der Waals surface area contributed by atoms with Gasteiger partial charge in [0.25, 0.3) is 0 Å². The minimum absolute atomic E-state index is 0.165. The van der Waals surface area contributed by atoms with Gasteiger partial charge < -0.3 is 0 Å². The molecule has 0 aromatic rings. The van der Waals surface area contributed by atoms with Crippen molar-refractivity contribution in [2.75, 3.05) is 6.67 Å². The summed E-state index contributed by atoms with van der Waals surface area (Å²) in [6, 6.07) is 0. The SMILES string of the molecule is [CH2]CCCCCCC/C=C\C/C=C\CCCCCF. The molecule has 111 valence electrons. The van der Waals surface area contributed by atoms with Crippen LogP contribution in [-0.2, 0) is 0 Å². The average Bonchev–Trinajstić information content (AvgIpc) is 2.43. The highest BCUT2D eigenvalue weighted by molar-refractivity contribution is 4.92. The molecule has 0 N–H and O–H groups in total. The molecule has 0 aromatic heterocycles. The quantitative estimate of drug-likeness (QED) is 0.246. The van der Waals surface area contributed by atoms with Gasteiger partial charge in [0, 0.05) is 0 Å². The van der Waals surface area contributed by atoms with Gasteiger partial charge in [-0.15, -0.1) is 0 Å². The zero-order valence-electron chi connectivity index (χ0n) is 12.6. The van der Waals surface area contributed by atoms with Gasteiger partial charge in [0.2, 0.25) is 0 Å². The first-order valence-electron chi connectivity index (χ1n) is 8.07. The number of allylic oxidation sites excluding steroid dienone is 4. The molecule has 0 aliphatic rings. The average molecular weight is 267 g/mol. The maximum absolute atomic E-state index is 11.8. The Labute approximate surface area is 120 Å². The topological polar surface area (TPSA) is 0 Å². The summed E-state index contributed by atoms with van der Waals surface area (Å²) < 4.78 is 11.8. The molecule has 0 aromatic carbocycles. The molecule has 0 saturated heterocycles. The molecule has 0 spiro atoms. The van der Waals surface area contributed by atoms with Crippen LogP contribution in [0.4, 0.5) is 4.39 Å². The largest absolute Gasteiger partial charge is 0.251 e. The third-order valence-corrected chi connectivity index (χ3v) is 3.23. The highest BCUT2D eigenvalue weighted by Gasteiger charge is 1.88. The second-order valence-corrected chi connectivity index (χ2v) is 5.13. The van der Waals surface area contributed by atoms with Crippen molar-refractivity contribution in [3.63, 3.8) is 0 Å². The Kier molecular flexibility index (Phi) is 16.9. The molecule has 0 amide bonds. The van der Waals surface area contributed by atoms with Crippen LogP contribution >= 0.6 is 0 Å². The van der Waals surface area contributed by atoms with Crippen molar-refractivity contribution >= 4 is 0 Å². The van der Waals surface area contributed by atoms with Crippen LogP contribution in [0.25, 0.3) is 0 Å². The zero-order chi connectivity index (χ0) is 14.0. The molecule has 0 rings (SSSR count). The molecule has 0 atom stereocenters. The fourth-order valence-corrected chi connectivity index (χ4v) is 2.01. The third-order valence-electron chi connectivity index (χ3n) is 3.23. The summed E-state index contributed by atoms with van der Waals surface area (Å²) in [7, 11) is 0. The Hall–Kier alpha value is -0.590. The third kappa shape index (κ3) is 17.4. The predicted molar refractivity (Wildman–Crippen MR) is 85.0 cm³/mol. The van der Waals surface area contributed by atoms with Crippen LogP contribution in [0.3, 0.4) is 0 Å².